The topological polar surface area (TPSA) is 18.5 Å². The number of halogens is 1. The number of hydrogen-bond donors (Lipinski definition) is 0. The van der Waals surface area contributed by atoms with E-state index in [4.69, 9.17) is 9.47 Å². The van der Waals surface area contributed by atoms with Crippen LogP contribution in [0.2, 0.25) is 0 Å². The van der Waals surface area contributed by atoms with E-state index in [1.165, 1.54) is 26.4 Å². The molecule has 0 aliphatic carbocycles. The Labute approximate surface area is 64.6 Å². The van der Waals surface area contributed by atoms with Crippen molar-refractivity contribution in [1.29, 1.82) is 0 Å². The Balaban J connectivity index is 3.06. The third kappa shape index (κ3) is 1.61. The highest BCUT2D eigenvalue weighted by atomic mass is 19.1. The van der Waals surface area contributed by atoms with Crippen molar-refractivity contribution >= 4 is 0 Å². The summed E-state index contributed by atoms with van der Waals surface area (Å²) in [6, 6.07) is 4.97. The monoisotopic (exact) mass is 155 g/mol. The highest BCUT2D eigenvalue weighted by molar-refractivity contribution is 5.39. The quantitative estimate of drug-likeness (QED) is 0.646. The second-order valence-corrected chi connectivity index (χ2v) is 1.92. The molecule has 0 saturated heterocycles. The first-order valence-electron chi connectivity index (χ1n) is 3.07. The van der Waals surface area contributed by atoms with Gasteiger partial charge in [0.05, 0.1) is 14.2 Å². The van der Waals surface area contributed by atoms with Crippen molar-refractivity contribution in [3.05, 3.63) is 24.0 Å². The first-order chi connectivity index (χ1) is 5.27. The lowest BCUT2D eigenvalue weighted by atomic mass is 10.3. The first kappa shape index (κ1) is 7.85. The number of ether oxygens (including phenoxy) is 2. The van der Waals surface area contributed by atoms with Crippen LogP contribution in [-0.2, 0) is 0 Å². The Hall–Kier alpha value is -1.25. The average Bonchev–Trinajstić information content (AvgIpc) is 2.04. The summed E-state index contributed by atoms with van der Waals surface area (Å²) in [5, 5.41) is 0. The normalized spacial score (nSPS) is 9.36. The van der Waals surface area contributed by atoms with Crippen molar-refractivity contribution in [2.24, 2.45) is 0 Å². The number of rotatable bonds is 2. The Morgan fingerprint density at radius 2 is 1.91 bits per heavy atom. The van der Waals surface area contributed by atoms with Gasteiger partial charge in [0.15, 0.2) is 11.5 Å². The summed E-state index contributed by atoms with van der Waals surface area (Å²) in [7, 11) is 2.95. The molecule has 1 radical (unpaired) electrons. The molecular formula is C8H8FO2. The van der Waals surface area contributed by atoms with E-state index in [0.717, 1.165) is 0 Å². The van der Waals surface area contributed by atoms with Gasteiger partial charge in [-0.25, -0.2) is 4.39 Å². The van der Waals surface area contributed by atoms with Crippen LogP contribution in [0.25, 0.3) is 0 Å². The van der Waals surface area contributed by atoms with Crippen LogP contribution in [0.4, 0.5) is 4.39 Å². The van der Waals surface area contributed by atoms with Crippen LogP contribution >= 0.6 is 0 Å². The smallest absolute Gasteiger partial charge is 0.163 e. The first-order valence-corrected chi connectivity index (χ1v) is 3.07. The molecule has 0 atom stereocenters. The number of benzene rings is 1. The molecule has 0 spiro atoms. The van der Waals surface area contributed by atoms with E-state index in [9.17, 15) is 4.39 Å². The van der Waals surface area contributed by atoms with Crippen molar-refractivity contribution in [3.8, 4) is 11.5 Å². The largest absolute Gasteiger partial charge is 0.493 e. The minimum Gasteiger partial charge on any atom is -0.493 e. The van der Waals surface area contributed by atoms with Crippen LogP contribution < -0.4 is 9.47 Å². The van der Waals surface area contributed by atoms with E-state index < -0.39 is 5.82 Å². The molecule has 0 saturated carbocycles. The van der Waals surface area contributed by atoms with Crippen LogP contribution in [0.1, 0.15) is 0 Å². The fraction of sp³-hybridized carbons (Fsp3) is 0.250. The van der Waals surface area contributed by atoms with E-state index in [0.29, 0.717) is 11.5 Å². The molecule has 1 rings (SSSR count). The lowest BCUT2D eigenvalue weighted by Crippen LogP contribution is -1.90. The number of methoxy groups -OCH3 is 2. The molecule has 1 aromatic carbocycles. The van der Waals surface area contributed by atoms with E-state index in [1.807, 2.05) is 0 Å². The Morgan fingerprint density at radius 1 is 1.27 bits per heavy atom. The minimum absolute atomic E-state index is 0.378. The van der Waals surface area contributed by atoms with Gasteiger partial charge in [-0.1, -0.05) is 0 Å². The van der Waals surface area contributed by atoms with Gasteiger partial charge in [-0.3, -0.25) is 0 Å². The molecule has 0 aliphatic heterocycles. The van der Waals surface area contributed by atoms with Gasteiger partial charge in [-0.05, 0) is 6.07 Å². The predicted molar refractivity (Wildman–Crippen MR) is 38.3 cm³/mol. The summed E-state index contributed by atoms with van der Waals surface area (Å²) in [5.74, 6) is 0.403. The highest BCUT2D eigenvalue weighted by Crippen LogP contribution is 2.26. The lowest BCUT2D eigenvalue weighted by molar-refractivity contribution is 0.352. The van der Waals surface area contributed by atoms with Gasteiger partial charge >= 0.3 is 0 Å². The summed E-state index contributed by atoms with van der Waals surface area (Å²) in [6.45, 7) is 0. The second-order valence-electron chi connectivity index (χ2n) is 1.92. The van der Waals surface area contributed by atoms with Crippen LogP contribution in [0.5, 0.6) is 11.5 Å². The van der Waals surface area contributed by atoms with Gasteiger partial charge in [0.1, 0.15) is 5.82 Å². The van der Waals surface area contributed by atoms with Crippen molar-refractivity contribution in [1.82, 2.24) is 0 Å². The van der Waals surface area contributed by atoms with Gasteiger partial charge in [0.25, 0.3) is 0 Å². The minimum atomic E-state index is -0.456. The molecule has 3 heteroatoms. The summed E-state index contributed by atoms with van der Waals surface area (Å²) < 4.78 is 22.2. The highest BCUT2D eigenvalue weighted by Gasteiger charge is 2.02. The molecule has 0 heterocycles. The van der Waals surface area contributed by atoms with Crippen LogP contribution in [0.3, 0.4) is 0 Å². The summed E-state index contributed by atoms with van der Waals surface area (Å²) in [6.07, 6.45) is 0. The third-order valence-corrected chi connectivity index (χ3v) is 1.28. The summed E-state index contributed by atoms with van der Waals surface area (Å²) in [5.41, 5.74) is 0. The zero-order chi connectivity index (χ0) is 8.27. The van der Waals surface area contributed by atoms with Gasteiger partial charge in [-0.15, -0.1) is 0 Å². The molecule has 0 unspecified atom stereocenters. The Bertz CT molecular complexity index is 248. The van der Waals surface area contributed by atoms with Crippen molar-refractivity contribution in [2.45, 2.75) is 0 Å². The predicted octanol–water partition coefficient (Wildman–Crippen LogP) is 1.64. The van der Waals surface area contributed by atoms with E-state index in [-0.39, 0.29) is 0 Å². The molecule has 59 valence electrons. The van der Waals surface area contributed by atoms with Gasteiger partial charge in [0.2, 0.25) is 0 Å². The SMILES string of the molecule is COc1c[c]c(F)cc1OC. The molecule has 0 fully saturated rings. The van der Waals surface area contributed by atoms with Gasteiger partial charge in [-0.2, -0.15) is 0 Å². The zero-order valence-electron chi connectivity index (χ0n) is 6.35. The molecule has 0 aliphatic rings. The zero-order valence-corrected chi connectivity index (χ0v) is 6.35. The molecule has 11 heavy (non-hydrogen) atoms. The molecular weight excluding hydrogens is 147 g/mol. The fourth-order valence-electron chi connectivity index (χ4n) is 0.753. The van der Waals surface area contributed by atoms with Gasteiger partial charge < -0.3 is 9.47 Å². The average molecular weight is 155 g/mol. The molecule has 0 N–H and O–H groups in total. The van der Waals surface area contributed by atoms with E-state index in [2.05, 4.69) is 6.07 Å². The third-order valence-electron chi connectivity index (χ3n) is 1.28. The van der Waals surface area contributed by atoms with Crippen molar-refractivity contribution < 1.29 is 13.9 Å². The fourth-order valence-corrected chi connectivity index (χ4v) is 0.753. The maximum Gasteiger partial charge on any atom is 0.163 e. The standard InChI is InChI=1S/C8H8FO2/c1-10-7-4-3-6(9)5-8(7)11-2/h4-5H,1-2H3. The van der Waals surface area contributed by atoms with E-state index >= 15 is 0 Å². The van der Waals surface area contributed by atoms with Gasteiger partial charge in [0, 0.05) is 12.1 Å². The maximum atomic E-state index is 12.5. The molecule has 1 aromatic rings. The Kier molecular flexibility index (Phi) is 2.31. The summed E-state index contributed by atoms with van der Waals surface area (Å²) in [4.78, 5) is 0. The summed E-state index contributed by atoms with van der Waals surface area (Å²) >= 11 is 0. The van der Waals surface area contributed by atoms with Crippen molar-refractivity contribution in [3.63, 3.8) is 0 Å². The van der Waals surface area contributed by atoms with Crippen LogP contribution in [0, 0.1) is 11.9 Å². The Morgan fingerprint density at radius 3 is 2.45 bits per heavy atom. The van der Waals surface area contributed by atoms with Crippen LogP contribution in [-0.4, -0.2) is 14.2 Å². The van der Waals surface area contributed by atoms with Crippen LogP contribution in [0.15, 0.2) is 12.1 Å². The molecule has 0 amide bonds. The molecule has 2 nitrogen and oxygen atoms in total. The molecule has 0 aromatic heterocycles. The van der Waals surface area contributed by atoms with Crippen molar-refractivity contribution in [2.75, 3.05) is 14.2 Å². The molecule has 0 bridgehead atoms. The maximum absolute atomic E-state index is 12.5. The van der Waals surface area contributed by atoms with E-state index in [1.54, 1.807) is 0 Å². The number of hydrogen-bond acceptors (Lipinski definition) is 2. The second kappa shape index (κ2) is 3.23. The lowest BCUT2D eigenvalue weighted by Gasteiger charge is -2.05.